The lowest BCUT2D eigenvalue weighted by molar-refractivity contribution is 0.0410. The lowest BCUT2D eigenvalue weighted by Gasteiger charge is -2.30. The van der Waals surface area contributed by atoms with Crippen LogP contribution in [0.3, 0.4) is 0 Å². The number of hydrogen-bond acceptors (Lipinski definition) is 5. The van der Waals surface area contributed by atoms with Gasteiger partial charge in [-0.15, -0.1) is 11.3 Å². The highest BCUT2D eigenvalue weighted by Gasteiger charge is 2.30. The zero-order valence-electron chi connectivity index (χ0n) is 13.3. The fraction of sp³-hybridized carbons (Fsp3) is 0.733. The number of thiophene rings is 1. The summed E-state index contributed by atoms with van der Waals surface area (Å²) in [6, 6.07) is 3.65. The first-order chi connectivity index (χ1) is 10.6. The van der Waals surface area contributed by atoms with E-state index in [-0.39, 0.29) is 0 Å². The number of sulfonamides is 1. The highest BCUT2D eigenvalue weighted by molar-refractivity contribution is 7.91. The summed E-state index contributed by atoms with van der Waals surface area (Å²) < 4.78 is 37.8. The smallest absolute Gasteiger partial charge is 0.252 e. The number of aryl methyl sites for hydroxylation is 1. The topological polar surface area (TPSA) is 55.8 Å². The van der Waals surface area contributed by atoms with E-state index in [0.29, 0.717) is 43.0 Å². The minimum Gasteiger partial charge on any atom is -0.382 e. The van der Waals surface area contributed by atoms with Crippen molar-refractivity contribution >= 4 is 21.4 Å². The molecule has 22 heavy (non-hydrogen) atoms. The fourth-order valence-corrected chi connectivity index (χ4v) is 5.44. The molecular weight excluding hydrogens is 322 g/mol. The molecular formula is C15H25NO4S2. The number of hydrogen-bond donors (Lipinski definition) is 0. The van der Waals surface area contributed by atoms with Crippen molar-refractivity contribution in [3.63, 3.8) is 0 Å². The van der Waals surface area contributed by atoms with E-state index in [1.807, 2.05) is 13.0 Å². The Morgan fingerprint density at radius 2 is 2.00 bits per heavy atom. The van der Waals surface area contributed by atoms with Crippen molar-refractivity contribution in [1.29, 1.82) is 0 Å². The number of methoxy groups -OCH3 is 1. The second kappa shape index (κ2) is 8.40. The highest BCUT2D eigenvalue weighted by Crippen LogP contribution is 2.28. The Morgan fingerprint density at radius 3 is 2.59 bits per heavy atom. The van der Waals surface area contributed by atoms with E-state index in [1.54, 1.807) is 17.5 Å². The van der Waals surface area contributed by atoms with Crippen LogP contribution in [0.25, 0.3) is 0 Å². The molecule has 0 bridgehead atoms. The van der Waals surface area contributed by atoms with Crippen LogP contribution in [0.15, 0.2) is 16.3 Å². The van der Waals surface area contributed by atoms with Crippen molar-refractivity contribution in [2.75, 3.05) is 40.0 Å². The maximum absolute atomic E-state index is 12.6. The normalized spacial score (nSPS) is 17.9. The van der Waals surface area contributed by atoms with Gasteiger partial charge in [-0.3, -0.25) is 0 Å². The molecule has 1 aromatic heterocycles. The molecule has 2 rings (SSSR count). The first-order valence-corrected chi connectivity index (χ1v) is 9.99. The quantitative estimate of drug-likeness (QED) is 0.678. The van der Waals surface area contributed by atoms with Gasteiger partial charge >= 0.3 is 0 Å². The Kier molecular flexibility index (Phi) is 6.83. The molecule has 0 saturated carbocycles. The van der Waals surface area contributed by atoms with Crippen LogP contribution in [0.4, 0.5) is 0 Å². The van der Waals surface area contributed by atoms with Crippen molar-refractivity contribution in [2.45, 2.75) is 30.4 Å². The third kappa shape index (κ3) is 4.52. The van der Waals surface area contributed by atoms with E-state index in [2.05, 4.69) is 0 Å². The Balaban J connectivity index is 1.85. The first kappa shape index (κ1) is 17.9. The van der Waals surface area contributed by atoms with Crippen LogP contribution in [0.1, 0.15) is 24.6 Å². The molecule has 1 fully saturated rings. The van der Waals surface area contributed by atoms with Gasteiger partial charge < -0.3 is 9.47 Å². The van der Waals surface area contributed by atoms with Crippen molar-refractivity contribution in [3.05, 3.63) is 17.0 Å². The summed E-state index contributed by atoms with van der Waals surface area (Å²) in [4.78, 5) is 1.11. The molecule has 1 saturated heterocycles. The van der Waals surface area contributed by atoms with E-state index in [9.17, 15) is 8.42 Å². The number of nitrogens with zero attached hydrogens (tertiary/aromatic N) is 1. The van der Waals surface area contributed by atoms with E-state index < -0.39 is 10.0 Å². The van der Waals surface area contributed by atoms with Gasteiger partial charge in [0, 0.05) is 31.7 Å². The molecule has 0 N–H and O–H groups in total. The summed E-state index contributed by atoms with van der Waals surface area (Å²) in [6.45, 7) is 5.10. The monoisotopic (exact) mass is 347 g/mol. The molecule has 0 radical (unpaired) electrons. The third-order valence-electron chi connectivity index (χ3n) is 3.94. The average molecular weight is 348 g/mol. The van der Waals surface area contributed by atoms with E-state index in [4.69, 9.17) is 9.47 Å². The van der Waals surface area contributed by atoms with Crippen LogP contribution in [-0.2, 0) is 25.9 Å². The van der Waals surface area contributed by atoms with Crippen molar-refractivity contribution in [2.24, 2.45) is 5.92 Å². The van der Waals surface area contributed by atoms with Gasteiger partial charge in [-0.05, 0) is 37.3 Å². The van der Waals surface area contributed by atoms with Crippen molar-refractivity contribution in [3.8, 4) is 0 Å². The van der Waals surface area contributed by atoms with E-state index in [0.717, 1.165) is 24.1 Å². The number of ether oxygens (including phenoxy) is 2. The maximum atomic E-state index is 12.6. The van der Waals surface area contributed by atoms with Crippen LogP contribution in [0, 0.1) is 5.92 Å². The standard InChI is InChI=1S/C15H25NO4S2/c1-3-14-4-5-15(21-14)22(17,18)16-8-6-13(7-9-16)12-20-11-10-19-2/h4-5,13H,3,6-12H2,1-2H3. The molecule has 0 spiro atoms. The van der Waals surface area contributed by atoms with Gasteiger partial charge in [0.05, 0.1) is 13.2 Å². The molecule has 126 valence electrons. The third-order valence-corrected chi connectivity index (χ3v) is 7.53. The zero-order chi connectivity index (χ0) is 16.0. The maximum Gasteiger partial charge on any atom is 0.252 e. The molecule has 5 nitrogen and oxygen atoms in total. The Bertz CT molecular complexity index is 548. The summed E-state index contributed by atoms with van der Waals surface area (Å²) in [7, 11) is -1.66. The lowest BCUT2D eigenvalue weighted by Crippen LogP contribution is -2.39. The largest absolute Gasteiger partial charge is 0.382 e. The van der Waals surface area contributed by atoms with Gasteiger partial charge in [0.2, 0.25) is 0 Å². The summed E-state index contributed by atoms with van der Waals surface area (Å²) in [5.74, 6) is 0.442. The lowest BCUT2D eigenvalue weighted by atomic mass is 9.99. The molecule has 2 heterocycles. The van der Waals surface area contributed by atoms with Crippen molar-refractivity contribution < 1.29 is 17.9 Å². The summed E-state index contributed by atoms with van der Waals surface area (Å²) in [6.07, 6.45) is 2.59. The summed E-state index contributed by atoms with van der Waals surface area (Å²) >= 11 is 1.39. The van der Waals surface area contributed by atoms with Crippen LogP contribution < -0.4 is 0 Å². The van der Waals surface area contributed by atoms with Gasteiger partial charge in [0.15, 0.2) is 0 Å². The van der Waals surface area contributed by atoms with Gasteiger partial charge in [0.1, 0.15) is 4.21 Å². The molecule has 1 aromatic rings. The molecule has 0 unspecified atom stereocenters. The van der Waals surface area contributed by atoms with Gasteiger partial charge in [-0.2, -0.15) is 4.31 Å². The van der Waals surface area contributed by atoms with Crippen LogP contribution in [0.2, 0.25) is 0 Å². The molecule has 0 atom stereocenters. The Labute approximate surface area is 137 Å². The first-order valence-electron chi connectivity index (χ1n) is 7.73. The molecule has 0 amide bonds. The predicted octanol–water partition coefficient (Wildman–Crippen LogP) is 2.37. The minimum absolute atomic E-state index is 0.442. The van der Waals surface area contributed by atoms with Crippen LogP contribution in [0.5, 0.6) is 0 Å². The predicted molar refractivity (Wildman–Crippen MR) is 87.9 cm³/mol. The SMILES string of the molecule is CCc1ccc(S(=O)(=O)N2CCC(COCCOC)CC2)s1. The van der Waals surface area contributed by atoms with Crippen molar-refractivity contribution in [1.82, 2.24) is 4.31 Å². The Morgan fingerprint density at radius 1 is 1.27 bits per heavy atom. The summed E-state index contributed by atoms with van der Waals surface area (Å²) in [5, 5.41) is 0. The molecule has 0 aliphatic carbocycles. The second-order valence-corrected chi connectivity index (χ2v) is 8.82. The fourth-order valence-electron chi connectivity index (χ4n) is 2.52. The number of rotatable bonds is 8. The molecule has 0 aromatic carbocycles. The van der Waals surface area contributed by atoms with Gasteiger partial charge in [-0.25, -0.2) is 8.42 Å². The molecule has 1 aliphatic rings. The summed E-state index contributed by atoms with van der Waals surface area (Å²) in [5.41, 5.74) is 0. The van der Waals surface area contributed by atoms with Crippen LogP contribution >= 0.6 is 11.3 Å². The van der Waals surface area contributed by atoms with Crippen LogP contribution in [-0.4, -0.2) is 52.7 Å². The Hall–Kier alpha value is -0.470. The van der Waals surface area contributed by atoms with E-state index in [1.165, 1.54) is 11.3 Å². The second-order valence-electron chi connectivity index (χ2n) is 5.49. The zero-order valence-corrected chi connectivity index (χ0v) is 14.9. The average Bonchev–Trinajstić information content (AvgIpc) is 3.02. The molecule has 7 heteroatoms. The van der Waals surface area contributed by atoms with Gasteiger partial charge in [-0.1, -0.05) is 6.92 Å². The molecule has 1 aliphatic heterocycles. The highest BCUT2D eigenvalue weighted by atomic mass is 32.2. The van der Waals surface area contributed by atoms with E-state index >= 15 is 0 Å². The van der Waals surface area contributed by atoms with Gasteiger partial charge in [0.25, 0.3) is 10.0 Å². The number of piperidine rings is 1. The minimum atomic E-state index is -3.31.